The van der Waals surface area contributed by atoms with E-state index in [1.807, 2.05) is 35.2 Å². The fourth-order valence-electron chi connectivity index (χ4n) is 3.75. The van der Waals surface area contributed by atoms with Crippen LogP contribution in [0.25, 0.3) is 0 Å². The summed E-state index contributed by atoms with van der Waals surface area (Å²) < 4.78 is 5.34. The molecule has 144 valence electrons. The Balaban J connectivity index is 1.36. The summed E-state index contributed by atoms with van der Waals surface area (Å²) >= 11 is 0. The lowest BCUT2D eigenvalue weighted by atomic mass is 9.88. The molecular formula is C22H22N2O4. The van der Waals surface area contributed by atoms with E-state index in [2.05, 4.69) is 5.32 Å². The zero-order valence-corrected chi connectivity index (χ0v) is 15.5. The van der Waals surface area contributed by atoms with Crippen LogP contribution in [-0.2, 0) is 16.0 Å². The van der Waals surface area contributed by atoms with Gasteiger partial charge in [-0.1, -0.05) is 30.3 Å². The molecule has 0 saturated carbocycles. The third kappa shape index (κ3) is 3.91. The highest BCUT2D eigenvalue weighted by atomic mass is 16.5. The van der Waals surface area contributed by atoms with E-state index in [9.17, 15) is 14.4 Å². The third-order valence-corrected chi connectivity index (χ3v) is 5.31. The van der Waals surface area contributed by atoms with Crippen LogP contribution < -0.4 is 10.1 Å². The van der Waals surface area contributed by atoms with Gasteiger partial charge in [0, 0.05) is 24.6 Å². The van der Waals surface area contributed by atoms with Crippen molar-refractivity contribution in [1.82, 2.24) is 4.90 Å². The number of hydrogen-bond donors (Lipinski definition) is 1. The van der Waals surface area contributed by atoms with E-state index in [0.717, 1.165) is 5.56 Å². The molecule has 1 N–H and O–H groups in total. The molecule has 6 heteroatoms. The number of rotatable bonds is 4. The number of ketones is 1. The molecule has 0 bridgehead atoms. The van der Waals surface area contributed by atoms with Crippen molar-refractivity contribution in [3.63, 3.8) is 0 Å². The van der Waals surface area contributed by atoms with Crippen LogP contribution in [0.4, 0.5) is 5.69 Å². The van der Waals surface area contributed by atoms with Gasteiger partial charge in [0.2, 0.25) is 5.91 Å². The van der Waals surface area contributed by atoms with Gasteiger partial charge in [0.15, 0.2) is 12.4 Å². The van der Waals surface area contributed by atoms with E-state index in [1.165, 1.54) is 0 Å². The lowest BCUT2D eigenvalue weighted by Crippen LogP contribution is -2.41. The molecule has 2 amide bonds. The number of nitrogens with one attached hydrogen (secondary N) is 1. The SMILES string of the molecule is O=C1COc2ccc(C(=O)C3CCN(C(=O)Cc4ccccc4)CC3)cc2N1. The largest absolute Gasteiger partial charge is 0.482 e. The first kappa shape index (κ1) is 18.2. The minimum atomic E-state index is -0.220. The number of benzene rings is 2. The second kappa shape index (κ2) is 7.84. The number of carbonyl (C=O) groups is 3. The molecule has 0 spiro atoms. The summed E-state index contributed by atoms with van der Waals surface area (Å²) in [4.78, 5) is 38.7. The second-order valence-corrected chi connectivity index (χ2v) is 7.23. The standard InChI is InChI=1S/C22H22N2O4/c25-20-14-28-19-7-6-17(13-18(19)23-20)22(27)16-8-10-24(11-9-16)21(26)12-15-4-2-1-3-5-15/h1-7,13,16H,8-12,14H2,(H,23,25). The predicted molar refractivity (Wildman–Crippen MR) is 104 cm³/mol. The molecular weight excluding hydrogens is 356 g/mol. The Morgan fingerprint density at radius 2 is 1.82 bits per heavy atom. The smallest absolute Gasteiger partial charge is 0.262 e. The molecule has 0 radical (unpaired) electrons. The third-order valence-electron chi connectivity index (χ3n) is 5.31. The number of hydrogen-bond acceptors (Lipinski definition) is 4. The van der Waals surface area contributed by atoms with Crippen LogP contribution >= 0.6 is 0 Å². The normalized spacial score (nSPS) is 16.7. The number of Topliss-reactive ketones (excluding diaryl/α,β-unsaturated/α-hetero) is 1. The van der Waals surface area contributed by atoms with Crippen molar-refractivity contribution in [1.29, 1.82) is 0 Å². The van der Waals surface area contributed by atoms with Crippen LogP contribution in [0.5, 0.6) is 5.75 Å². The van der Waals surface area contributed by atoms with Gasteiger partial charge in [0.1, 0.15) is 5.75 Å². The summed E-state index contributed by atoms with van der Waals surface area (Å²) in [5.74, 6) is 0.405. The number of ether oxygens (including phenoxy) is 1. The number of fused-ring (bicyclic) bond motifs is 1. The number of nitrogens with zero attached hydrogens (tertiary/aromatic N) is 1. The highest BCUT2D eigenvalue weighted by molar-refractivity contribution is 6.01. The van der Waals surface area contributed by atoms with Crippen molar-refractivity contribution in [3.8, 4) is 5.75 Å². The molecule has 0 aromatic heterocycles. The van der Waals surface area contributed by atoms with Crippen molar-refractivity contribution in [2.75, 3.05) is 25.0 Å². The molecule has 6 nitrogen and oxygen atoms in total. The van der Waals surface area contributed by atoms with Gasteiger partial charge in [0.25, 0.3) is 5.91 Å². The number of likely N-dealkylation sites (tertiary alicyclic amines) is 1. The van der Waals surface area contributed by atoms with Crippen molar-refractivity contribution >= 4 is 23.3 Å². The summed E-state index contributed by atoms with van der Waals surface area (Å²) in [5, 5.41) is 2.73. The average molecular weight is 378 g/mol. The number of carbonyl (C=O) groups excluding carboxylic acids is 3. The minimum absolute atomic E-state index is 0.00420. The molecule has 28 heavy (non-hydrogen) atoms. The summed E-state index contributed by atoms with van der Waals surface area (Å²) in [6.07, 6.45) is 1.70. The Morgan fingerprint density at radius 3 is 2.57 bits per heavy atom. The quantitative estimate of drug-likeness (QED) is 0.830. The molecule has 1 fully saturated rings. The van der Waals surface area contributed by atoms with Crippen molar-refractivity contribution in [2.45, 2.75) is 19.3 Å². The fraction of sp³-hybridized carbons (Fsp3) is 0.318. The molecule has 2 aliphatic rings. The van der Waals surface area contributed by atoms with Crippen LogP contribution in [0.1, 0.15) is 28.8 Å². The first-order valence-corrected chi connectivity index (χ1v) is 9.53. The Hall–Kier alpha value is -3.15. The van der Waals surface area contributed by atoms with Gasteiger partial charge in [-0.3, -0.25) is 14.4 Å². The molecule has 2 aliphatic heterocycles. The van der Waals surface area contributed by atoms with Gasteiger partial charge in [-0.05, 0) is 36.6 Å². The van der Waals surface area contributed by atoms with Gasteiger partial charge in [-0.15, -0.1) is 0 Å². The second-order valence-electron chi connectivity index (χ2n) is 7.23. The van der Waals surface area contributed by atoms with Crippen LogP contribution in [0.15, 0.2) is 48.5 Å². The summed E-state index contributed by atoms with van der Waals surface area (Å²) in [7, 11) is 0. The first-order chi connectivity index (χ1) is 13.6. The highest BCUT2D eigenvalue weighted by Gasteiger charge is 2.28. The summed E-state index contributed by atoms with van der Waals surface area (Å²) in [6.45, 7) is 1.18. The number of anilines is 1. The summed E-state index contributed by atoms with van der Waals surface area (Å²) in [5.41, 5.74) is 2.11. The zero-order valence-electron chi connectivity index (χ0n) is 15.5. The minimum Gasteiger partial charge on any atom is -0.482 e. The number of piperidine rings is 1. The van der Waals surface area contributed by atoms with Crippen LogP contribution in [0.2, 0.25) is 0 Å². The van der Waals surface area contributed by atoms with Gasteiger partial charge in [0.05, 0.1) is 12.1 Å². The van der Waals surface area contributed by atoms with E-state index in [-0.39, 0.29) is 30.1 Å². The van der Waals surface area contributed by atoms with E-state index in [4.69, 9.17) is 4.74 Å². The molecule has 2 heterocycles. The lowest BCUT2D eigenvalue weighted by molar-refractivity contribution is -0.131. The Morgan fingerprint density at radius 1 is 1.07 bits per heavy atom. The van der Waals surface area contributed by atoms with E-state index < -0.39 is 0 Å². The maximum atomic E-state index is 12.9. The Labute approximate surface area is 163 Å². The molecule has 4 rings (SSSR count). The van der Waals surface area contributed by atoms with E-state index >= 15 is 0 Å². The molecule has 0 aliphatic carbocycles. The zero-order chi connectivity index (χ0) is 19.5. The lowest BCUT2D eigenvalue weighted by Gasteiger charge is -2.31. The van der Waals surface area contributed by atoms with Crippen LogP contribution in [-0.4, -0.2) is 42.2 Å². The predicted octanol–water partition coefficient (Wildman–Crippen LogP) is 2.68. The number of amides is 2. The summed E-state index contributed by atoms with van der Waals surface area (Å²) in [6, 6.07) is 14.8. The topological polar surface area (TPSA) is 75.7 Å². The maximum absolute atomic E-state index is 12.9. The Kier molecular flexibility index (Phi) is 5.10. The Bertz CT molecular complexity index is 902. The molecule has 0 unspecified atom stereocenters. The first-order valence-electron chi connectivity index (χ1n) is 9.53. The van der Waals surface area contributed by atoms with Gasteiger partial charge >= 0.3 is 0 Å². The fourth-order valence-corrected chi connectivity index (χ4v) is 3.75. The maximum Gasteiger partial charge on any atom is 0.262 e. The monoisotopic (exact) mass is 378 g/mol. The van der Waals surface area contributed by atoms with Crippen molar-refractivity contribution < 1.29 is 19.1 Å². The highest BCUT2D eigenvalue weighted by Crippen LogP contribution is 2.30. The molecule has 2 aromatic rings. The average Bonchev–Trinajstić information content (AvgIpc) is 2.73. The molecule has 0 atom stereocenters. The van der Waals surface area contributed by atoms with Crippen molar-refractivity contribution in [3.05, 3.63) is 59.7 Å². The molecule has 2 aromatic carbocycles. The van der Waals surface area contributed by atoms with Crippen LogP contribution in [0, 0.1) is 5.92 Å². The molecule has 1 saturated heterocycles. The van der Waals surface area contributed by atoms with E-state index in [1.54, 1.807) is 18.2 Å². The van der Waals surface area contributed by atoms with Gasteiger partial charge in [-0.25, -0.2) is 0 Å². The van der Waals surface area contributed by atoms with Crippen LogP contribution in [0.3, 0.4) is 0 Å². The van der Waals surface area contributed by atoms with E-state index in [0.29, 0.717) is 49.4 Å². The van der Waals surface area contributed by atoms with Crippen molar-refractivity contribution in [2.24, 2.45) is 5.92 Å². The van der Waals surface area contributed by atoms with Gasteiger partial charge in [-0.2, -0.15) is 0 Å². The van der Waals surface area contributed by atoms with Gasteiger partial charge < -0.3 is 15.0 Å².